The van der Waals surface area contributed by atoms with Crippen molar-refractivity contribution in [3.8, 4) is 17.6 Å². The van der Waals surface area contributed by atoms with E-state index in [1.807, 2.05) is 48.5 Å². The SMILES string of the molecule is N#Cc1ccc(C(CCCN2C3CCC2CN(C(=O)O)C3)Oc2ccc(OC3CCCCO3)cc2)cc1. The number of amides is 1. The van der Waals surface area contributed by atoms with Gasteiger partial charge in [-0.1, -0.05) is 12.1 Å². The average Bonchev–Trinajstić information content (AvgIpc) is 3.15. The van der Waals surface area contributed by atoms with Crippen molar-refractivity contribution in [3.63, 3.8) is 0 Å². The van der Waals surface area contributed by atoms with Gasteiger partial charge in [-0.25, -0.2) is 4.79 Å². The number of carbonyl (C=O) groups is 1. The summed E-state index contributed by atoms with van der Waals surface area (Å²) in [5, 5.41) is 18.6. The number of carboxylic acid groups (broad SMARTS) is 1. The smallest absolute Gasteiger partial charge is 0.407 e. The van der Waals surface area contributed by atoms with Crippen molar-refractivity contribution in [2.75, 3.05) is 26.2 Å². The van der Waals surface area contributed by atoms with Crippen LogP contribution in [-0.4, -0.2) is 65.6 Å². The zero-order valence-electron chi connectivity index (χ0n) is 21.1. The van der Waals surface area contributed by atoms with E-state index in [-0.39, 0.29) is 12.4 Å². The van der Waals surface area contributed by atoms with E-state index in [0.717, 1.165) is 75.2 Å². The van der Waals surface area contributed by atoms with Crippen molar-refractivity contribution in [2.45, 2.75) is 69.4 Å². The number of hydrogen-bond donors (Lipinski definition) is 1. The van der Waals surface area contributed by atoms with Gasteiger partial charge >= 0.3 is 6.09 Å². The normalized spacial score (nSPS) is 24.3. The maximum atomic E-state index is 11.4. The van der Waals surface area contributed by atoms with Crippen LogP contribution in [0.3, 0.4) is 0 Å². The molecular weight excluding hydrogens is 470 g/mol. The second-order valence-corrected chi connectivity index (χ2v) is 10.2. The van der Waals surface area contributed by atoms with Crippen LogP contribution in [0.5, 0.6) is 11.5 Å². The minimum Gasteiger partial charge on any atom is -0.486 e. The Labute approximate surface area is 218 Å². The molecule has 2 bridgehead atoms. The molecule has 4 atom stereocenters. The third-order valence-corrected chi connectivity index (χ3v) is 7.71. The molecule has 5 rings (SSSR count). The Kier molecular flexibility index (Phi) is 8.12. The molecule has 3 heterocycles. The summed E-state index contributed by atoms with van der Waals surface area (Å²) < 4.78 is 18.1. The van der Waals surface area contributed by atoms with Crippen LogP contribution in [0.2, 0.25) is 0 Å². The fourth-order valence-corrected chi connectivity index (χ4v) is 5.75. The molecule has 1 N–H and O–H groups in total. The molecular formula is C29H35N3O5. The van der Waals surface area contributed by atoms with Crippen molar-refractivity contribution in [1.82, 2.24) is 9.80 Å². The monoisotopic (exact) mass is 505 g/mol. The molecule has 2 aromatic rings. The first kappa shape index (κ1) is 25.4. The van der Waals surface area contributed by atoms with E-state index in [2.05, 4.69) is 11.0 Å². The molecule has 3 aliphatic heterocycles. The van der Waals surface area contributed by atoms with Gasteiger partial charge in [0.05, 0.1) is 18.2 Å². The van der Waals surface area contributed by atoms with E-state index in [1.165, 1.54) is 0 Å². The molecule has 0 aliphatic carbocycles. The van der Waals surface area contributed by atoms with Crippen LogP contribution in [0.4, 0.5) is 4.79 Å². The fraction of sp³-hybridized carbons (Fsp3) is 0.517. The first-order valence-electron chi connectivity index (χ1n) is 13.4. The number of benzene rings is 2. The van der Waals surface area contributed by atoms with Crippen molar-refractivity contribution in [3.05, 3.63) is 59.7 Å². The van der Waals surface area contributed by atoms with Crippen molar-refractivity contribution in [2.24, 2.45) is 0 Å². The molecule has 3 fully saturated rings. The highest BCUT2D eigenvalue weighted by molar-refractivity contribution is 5.65. The summed E-state index contributed by atoms with van der Waals surface area (Å²) >= 11 is 0. The quantitative estimate of drug-likeness (QED) is 0.501. The first-order chi connectivity index (χ1) is 18.1. The Morgan fingerprint density at radius 2 is 1.73 bits per heavy atom. The predicted molar refractivity (Wildman–Crippen MR) is 138 cm³/mol. The minimum absolute atomic E-state index is 0.154. The second kappa shape index (κ2) is 11.8. The highest BCUT2D eigenvalue weighted by Crippen LogP contribution is 2.32. The van der Waals surface area contributed by atoms with Crippen LogP contribution in [0, 0.1) is 11.3 Å². The standard InChI is InChI=1S/C29H35N3O5/c30-18-21-6-8-22(9-7-21)27(4-3-16-32-23-10-11-24(32)20-31(19-23)29(33)34)36-25-12-14-26(15-13-25)37-28-5-1-2-17-35-28/h6-9,12-15,23-24,27-28H,1-5,10-11,16-17,19-20H2,(H,33,34). The molecule has 0 aromatic heterocycles. The lowest BCUT2D eigenvalue weighted by Crippen LogP contribution is -2.55. The van der Waals surface area contributed by atoms with Crippen LogP contribution in [0.25, 0.3) is 0 Å². The zero-order chi connectivity index (χ0) is 25.6. The van der Waals surface area contributed by atoms with Gasteiger partial charge < -0.3 is 24.2 Å². The molecule has 196 valence electrons. The molecule has 0 radical (unpaired) electrons. The first-order valence-corrected chi connectivity index (χ1v) is 13.4. The summed E-state index contributed by atoms with van der Waals surface area (Å²) in [6, 6.07) is 18.1. The highest BCUT2D eigenvalue weighted by Gasteiger charge is 2.40. The summed E-state index contributed by atoms with van der Waals surface area (Å²) in [5.41, 5.74) is 1.66. The predicted octanol–water partition coefficient (Wildman–Crippen LogP) is 5.19. The minimum atomic E-state index is -0.812. The van der Waals surface area contributed by atoms with Gasteiger partial charge in [0.2, 0.25) is 0 Å². The highest BCUT2D eigenvalue weighted by atomic mass is 16.7. The van der Waals surface area contributed by atoms with Gasteiger partial charge in [0.15, 0.2) is 6.29 Å². The molecule has 37 heavy (non-hydrogen) atoms. The number of piperazine rings is 1. The largest absolute Gasteiger partial charge is 0.486 e. The second-order valence-electron chi connectivity index (χ2n) is 10.2. The van der Waals surface area contributed by atoms with Gasteiger partial charge in [0.25, 0.3) is 0 Å². The Hall–Kier alpha value is -3.28. The van der Waals surface area contributed by atoms with Gasteiger partial charge in [0.1, 0.15) is 17.6 Å². The zero-order valence-corrected chi connectivity index (χ0v) is 21.1. The fourth-order valence-electron chi connectivity index (χ4n) is 5.75. The summed E-state index contributed by atoms with van der Waals surface area (Å²) in [7, 11) is 0. The van der Waals surface area contributed by atoms with Crippen molar-refractivity contribution < 1.29 is 24.1 Å². The number of nitrogens with zero attached hydrogens (tertiary/aromatic N) is 3. The lowest BCUT2D eigenvalue weighted by molar-refractivity contribution is -0.105. The third-order valence-electron chi connectivity index (χ3n) is 7.71. The Balaban J connectivity index is 1.21. The van der Waals surface area contributed by atoms with Gasteiger partial charge in [-0.15, -0.1) is 0 Å². The van der Waals surface area contributed by atoms with Crippen LogP contribution in [0.15, 0.2) is 48.5 Å². The maximum Gasteiger partial charge on any atom is 0.407 e. The Morgan fingerprint density at radius 3 is 2.35 bits per heavy atom. The summed E-state index contributed by atoms with van der Waals surface area (Å²) in [5.74, 6) is 1.53. The number of ether oxygens (including phenoxy) is 3. The number of rotatable bonds is 9. The van der Waals surface area contributed by atoms with Gasteiger partial charge in [-0.3, -0.25) is 4.90 Å². The van der Waals surface area contributed by atoms with Crippen LogP contribution in [0.1, 0.15) is 62.2 Å². The van der Waals surface area contributed by atoms with Gasteiger partial charge in [-0.2, -0.15) is 5.26 Å². The van der Waals surface area contributed by atoms with E-state index in [1.54, 1.807) is 4.90 Å². The summed E-state index contributed by atoms with van der Waals surface area (Å²) in [4.78, 5) is 15.5. The number of nitriles is 1. The van der Waals surface area contributed by atoms with E-state index in [0.29, 0.717) is 30.7 Å². The van der Waals surface area contributed by atoms with E-state index in [9.17, 15) is 15.2 Å². The van der Waals surface area contributed by atoms with Crippen LogP contribution >= 0.6 is 0 Å². The van der Waals surface area contributed by atoms with Crippen LogP contribution < -0.4 is 9.47 Å². The van der Waals surface area contributed by atoms with Crippen molar-refractivity contribution in [1.29, 1.82) is 5.26 Å². The number of likely N-dealkylation sites (tertiary alicyclic amines) is 1. The molecule has 0 saturated carbocycles. The van der Waals surface area contributed by atoms with E-state index >= 15 is 0 Å². The topological polar surface area (TPSA) is 95.3 Å². The van der Waals surface area contributed by atoms with Crippen LogP contribution in [-0.2, 0) is 4.74 Å². The molecule has 3 aliphatic rings. The lowest BCUT2D eigenvalue weighted by Gasteiger charge is -2.40. The molecule has 0 spiro atoms. The number of fused-ring (bicyclic) bond motifs is 2. The lowest BCUT2D eigenvalue weighted by atomic mass is 10.0. The molecule has 8 nitrogen and oxygen atoms in total. The maximum absolute atomic E-state index is 11.4. The average molecular weight is 506 g/mol. The van der Waals surface area contributed by atoms with Crippen molar-refractivity contribution >= 4 is 6.09 Å². The Morgan fingerprint density at radius 1 is 1.03 bits per heavy atom. The molecule has 1 amide bonds. The molecule has 8 heteroatoms. The van der Waals surface area contributed by atoms with E-state index in [4.69, 9.17) is 14.2 Å². The number of hydrogen-bond acceptors (Lipinski definition) is 6. The summed E-state index contributed by atoms with van der Waals surface area (Å²) in [6.07, 6.45) is 5.84. The molecule has 4 unspecified atom stereocenters. The molecule has 3 saturated heterocycles. The van der Waals surface area contributed by atoms with Gasteiger partial charge in [-0.05, 0) is 87.0 Å². The van der Waals surface area contributed by atoms with E-state index < -0.39 is 6.09 Å². The summed E-state index contributed by atoms with van der Waals surface area (Å²) in [6.45, 7) is 2.87. The Bertz CT molecular complexity index is 1060. The third kappa shape index (κ3) is 6.35. The van der Waals surface area contributed by atoms with Gasteiger partial charge in [0, 0.05) is 31.6 Å². The molecule has 2 aromatic carbocycles.